The molecule has 0 aliphatic carbocycles. The van der Waals surface area contributed by atoms with Gasteiger partial charge in [0.05, 0.1) is 13.2 Å². The van der Waals surface area contributed by atoms with Crippen LogP contribution in [0.4, 0.5) is 5.69 Å². The summed E-state index contributed by atoms with van der Waals surface area (Å²) in [6, 6.07) is 9.99. The van der Waals surface area contributed by atoms with Gasteiger partial charge in [-0.1, -0.05) is 0 Å². The first-order valence-electron chi connectivity index (χ1n) is 7.07. The van der Waals surface area contributed by atoms with E-state index in [0.717, 1.165) is 24.5 Å². The Morgan fingerprint density at radius 3 is 2.24 bits per heavy atom. The molecule has 1 heterocycles. The van der Waals surface area contributed by atoms with Crippen LogP contribution in [0.25, 0.3) is 0 Å². The Hall–Kier alpha value is -2.22. The van der Waals surface area contributed by atoms with E-state index in [1.165, 1.54) is 0 Å². The first kappa shape index (κ1) is 15.2. The van der Waals surface area contributed by atoms with Crippen LogP contribution in [-0.4, -0.2) is 44.1 Å². The van der Waals surface area contributed by atoms with E-state index in [0.29, 0.717) is 13.1 Å². The maximum atomic E-state index is 12.2. The number of nitriles is 1. The molecule has 112 valence electrons. The van der Waals surface area contributed by atoms with Crippen LogP contribution in [0, 0.1) is 16.7 Å². The molecular weight excluding hydrogens is 266 g/mol. The predicted octanol–water partition coefficient (Wildman–Crippen LogP) is 1.89. The van der Waals surface area contributed by atoms with E-state index in [1.807, 2.05) is 24.3 Å². The summed E-state index contributed by atoms with van der Waals surface area (Å²) in [5.74, 6) is 0.753. The third kappa shape index (κ3) is 3.27. The molecule has 0 unspecified atom stereocenters. The molecule has 5 nitrogen and oxygen atoms in total. The van der Waals surface area contributed by atoms with Crippen molar-refractivity contribution in [2.45, 2.75) is 13.8 Å². The highest BCUT2D eigenvalue weighted by molar-refractivity contribution is 5.84. The van der Waals surface area contributed by atoms with Gasteiger partial charge >= 0.3 is 0 Å². The van der Waals surface area contributed by atoms with Crippen LogP contribution >= 0.6 is 0 Å². The third-order valence-corrected chi connectivity index (χ3v) is 3.82. The maximum Gasteiger partial charge on any atom is 0.242 e. The lowest BCUT2D eigenvalue weighted by Gasteiger charge is -2.38. The van der Waals surface area contributed by atoms with E-state index in [9.17, 15) is 4.79 Å². The normalized spacial score (nSPS) is 15.5. The van der Waals surface area contributed by atoms with Crippen LogP contribution in [-0.2, 0) is 4.79 Å². The smallest absolute Gasteiger partial charge is 0.242 e. The molecule has 1 amide bonds. The molecule has 1 aliphatic rings. The molecule has 1 aliphatic heterocycles. The Labute approximate surface area is 125 Å². The van der Waals surface area contributed by atoms with Gasteiger partial charge in [-0.25, -0.2) is 0 Å². The van der Waals surface area contributed by atoms with E-state index in [1.54, 1.807) is 25.9 Å². The van der Waals surface area contributed by atoms with Crippen LogP contribution in [0.3, 0.4) is 0 Å². The maximum absolute atomic E-state index is 12.2. The van der Waals surface area contributed by atoms with Gasteiger partial charge in [0, 0.05) is 31.9 Å². The average molecular weight is 287 g/mol. The number of carbonyl (C=O) groups excluding carboxylic acids is 1. The van der Waals surface area contributed by atoms with Crippen molar-refractivity contribution >= 4 is 11.6 Å². The molecule has 0 radical (unpaired) electrons. The summed E-state index contributed by atoms with van der Waals surface area (Å²) in [5.41, 5.74) is 0.185. The van der Waals surface area contributed by atoms with Crippen molar-refractivity contribution in [3.05, 3.63) is 24.3 Å². The molecule has 0 atom stereocenters. The predicted molar refractivity (Wildman–Crippen MR) is 81.2 cm³/mol. The number of hydrogen-bond acceptors (Lipinski definition) is 4. The Balaban J connectivity index is 1.97. The Kier molecular flexibility index (Phi) is 4.37. The van der Waals surface area contributed by atoms with Crippen molar-refractivity contribution in [2.75, 3.05) is 38.2 Å². The Morgan fingerprint density at radius 2 is 1.76 bits per heavy atom. The molecule has 1 aromatic rings. The van der Waals surface area contributed by atoms with E-state index in [2.05, 4.69) is 11.0 Å². The summed E-state index contributed by atoms with van der Waals surface area (Å²) in [7, 11) is 1.65. The molecule has 1 fully saturated rings. The third-order valence-electron chi connectivity index (χ3n) is 3.82. The van der Waals surface area contributed by atoms with Crippen LogP contribution in [0.15, 0.2) is 24.3 Å². The minimum absolute atomic E-state index is 0.0839. The zero-order valence-electron chi connectivity index (χ0n) is 12.8. The SMILES string of the molecule is COc1ccc(N2CCN(C(=O)C(C)(C)C#N)CC2)cc1. The molecule has 21 heavy (non-hydrogen) atoms. The molecule has 0 spiro atoms. The number of anilines is 1. The standard InChI is InChI=1S/C16H21N3O2/c1-16(2,12-17)15(20)19-10-8-18(9-11-19)13-4-6-14(21-3)7-5-13/h4-7H,8-11H2,1-3H3. The highest BCUT2D eigenvalue weighted by atomic mass is 16.5. The number of carbonyl (C=O) groups is 1. The van der Waals surface area contributed by atoms with Gasteiger partial charge in [0.25, 0.3) is 0 Å². The molecule has 0 N–H and O–H groups in total. The Morgan fingerprint density at radius 1 is 1.19 bits per heavy atom. The average Bonchev–Trinajstić information content (AvgIpc) is 2.54. The lowest BCUT2D eigenvalue weighted by molar-refractivity contribution is -0.137. The zero-order valence-corrected chi connectivity index (χ0v) is 12.8. The highest BCUT2D eigenvalue weighted by Crippen LogP contribution is 2.23. The number of methoxy groups -OCH3 is 1. The van der Waals surface area contributed by atoms with Crippen LogP contribution in [0.2, 0.25) is 0 Å². The molecular formula is C16H21N3O2. The lowest BCUT2D eigenvalue weighted by atomic mass is 9.93. The summed E-state index contributed by atoms with van der Waals surface area (Å²) in [5, 5.41) is 9.05. The van der Waals surface area contributed by atoms with Crippen LogP contribution in [0.1, 0.15) is 13.8 Å². The molecule has 0 saturated carbocycles. The number of benzene rings is 1. The second-order valence-electron chi connectivity index (χ2n) is 5.71. The number of rotatable bonds is 3. The van der Waals surface area contributed by atoms with Crippen molar-refractivity contribution in [3.8, 4) is 11.8 Å². The highest BCUT2D eigenvalue weighted by Gasteiger charge is 2.33. The summed E-state index contributed by atoms with van der Waals surface area (Å²) in [4.78, 5) is 16.3. The van der Waals surface area contributed by atoms with Crippen LogP contribution in [0.5, 0.6) is 5.75 Å². The molecule has 2 rings (SSSR count). The van der Waals surface area contributed by atoms with Crippen molar-refractivity contribution in [3.63, 3.8) is 0 Å². The van der Waals surface area contributed by atoms with Gasteiger partial charge in [-0.05, 0) is 38.1 Å². The van der Waals surface area contributed by atoms with Gasteiger partial charge in [-0.3, -0.25) is 4.79 Å². The van der Waals surface area contributed by atoms with Crippen molar-refractivity contribution in [2.24, 2.45) is 5.41 Å². The number of hydrogen-bond donors (Lipinski definition) is 0. The number of amides is 1. The number of nitrogens with zero attached hydrogens (tertiary/aromatic N) is 3. The quantitative estimate of drug-likeness (QED) is 0.852. The van der Waals surface area contributed by atoms with Gasteiger partial charge in [-0.2, -0.15) is 5.26 Å². The summed E-state index contributed by atoms with van der Waals surface area (Å²) in [6.45, 7) is 6.20. The van der Waals surface area contributed by atoms with Crippen molar-refractivity contribution < 1.29 is 9.53 Å². The fourth-order valence-electron chi connectivity index (χ4n) is 2.40. The number of piperazine rings is 1. The van der Waals surface area contributed by atoms with E-state index < -0.39 is 5.41 Å². The van der Waals surface area contributed by atoms with Gasteiger partial charge in [-0.15, -0.1) is 0 Å². The topological polar surface area (TPSA) is 56.6 Å². The first-order valence-corrected chi connectivity index (χ1v) is 7.07. The summed E-state index contributed by atoms with van der Waals surface area (Å²) >= 11 is 0. The van der Waals surface area contributed by atoms with Crippen molar-refractivity contribution in [1.29, 1.82) is 5.26 Å². The van der Waals surface area contributed by atoms with Gasteiger partial charge in [0.15, 0.2) is 0 Å². The largest absolute Gasteiger partial charge is 0.497 e. The minimum atomic E-state index is -0.942. The minimum Gasteiger partial charge on any atom is -0.497 e. The molecule has 1 saturated heterocycles. The fourth-order valence-corrected chi connectivity index (χ4v) is 2.40. The van der Waals surface area contributed by atoms with E-state index >= 15 is 0 Å². The van der Waals surface area contributed by atoms with E-state index in [-0.39, 0.29) is 5.91 Å². The monoisotopic (exact) mass is 287 g/mol. The summed E-state index contributed by atoms with van der Waals surface area (Å²) < 4.78 is 5.15. The fraction of sp³-hybridized carbons (Fsp3) is 0.500. The molecule has 0 bridgehead atoms. The summed E-state index contributed by atoms with van der Waals surface area (Å²) in [6.07, 6.45) is 0. The van der Waals surface area contributed by atoms with E-state index in [4.69, 9.17) is 10.00 Å². The second kappa shape index (κ2) is 6.04. The van der Waals surface area contributed by atoms with Crippen molar-refractivity contribution in [1.82, 2.24) is 4.90 Å². The van der Waals surface area contributed by atoms with Gasteiger partial charge in [0.2, 0.25) is 5.91 Å². The zero-order chi connectivity index (χ0) is 15.5. The lowest BCUT2D eigenvalue weighted by Crippen LogP contribution is -2.52. The molecule has 0 aromatic heterocycles. The molecule has 1 aromatic carbocycles. The van der Waals surface area contributed by atoms with Crippen LogP contribution < -0.4 is 9.64 Å². The van der Waals surface area contributed by atoms with Gasteiger partial charge in [0.1, 0.15) is 11.2 Å². The molecule has 5 heteroatoms. The van der Waals surface area contributed by atoms with Gasteiger partial charge < -0.3 is 14.5 Å². The second-order valence-corrected chi connectivity index (χ2v) is 5.71. The number of ether oxygens (including phenoxy) is 1. The Bertz CT molecular complexity index is 538. The first-order chi connectivity index (χ1) is 9.97.